The zero-order valence-electron chi connectivity index (χ0n) is 17.9. The number of nitrogens with one attached hydrogen (secondary N) is 1. The van der Waals surface area contributed by atoms with Crippen molar-refractivity contribution in [2.24, 2.45) is 0 Å². The van der Waals surface area contributed by atoms with Gasteiger partial charge < -0.3 is 19.3 Å². The molecule has 1 N–H and O–H groups in total. The van der Waals surface area contributed by atoms with Crippen LogP contribution < -0.4 is 19.8 Å². The molecule has 1 atom stereocenters. The molecule has 1 aromatic carbocycles. The third-order valence-electron chi connectivity index (χ3n) is 5.77. The molecule has 4 heterocycles. The summed E-state index contributed by atoms with van der Waals surface area (Å²) in [4.78, 5) is 20.9. The summed E-state index contributed by atoms with van der Waals surface area (Å²) in [7, 11) is 1.64. The van der Waals surface area contributed by atoms with E-state index in [4.69, 9.17) is 9.47 Å². The van der Waals surface area contributed by atoms with Gasteiger partial charge in [-0.3, -0.25) is 10.3 Å². The highest BCUT2D eigenvalue weighted by molar-refractivity contribution is 7.03. The Balaban J connectivity index is 1.14. The number of carbonyl (C=O) groups excluding carboxylic acids is 1. The van der Waals surface area contributed by atoms with Crippen LogP contribution in [0.2, 0.25) is 0 Å². The van der Waals surface area contributed by atoms with E-state index in [2.05, 4.69) is 31.9 Å². The maximum atomic E-state index is 12.4. The van der Waals surface area contributed by atoms with E-state index in [9.17, 15) is 4.79 Å². The zero-order valence-corrected chi connectivity index (χ0v) is 18.7. The number of methoxy groups -OCH3 is 1. The van der Waals surface area contributed by atoms with E-state index in [1.165, 1.54) is 21.3 Å². The van der Waals surface area contributed by atoms with Crippen LogP contribution in [0.4, 0.5) is 4.79 Å². The summed E-state index contributed by atoms with van der Waals surface area (Å²) in [5, 5.41) is 5.58. The van der Waals surface area contributed by atoms with Crippen molar-refractivity contribution in [2.75, 3.05) is 40.0 Å². The number of pyridine rings is 1. The minimum atomic E-state index is -0.306. The van der Waals surface area contributed by atoms with Crippen molar-refractivity contribution in [3.8, 4) is 5.75 Å². The van der Waals surface area contributed by atoms with Crippen LogP contribution in [-0.4, -0.2) is 65.2 Å². The molecule has 2 aliphatic rings. The molecular formula is C23H25N5O3S. The Hall–Kier alpha value is -3.17. The Morgan fingerprint density at radius 3 is 3.19 bits per heavy atom. The van der Waals surface area contributed by atoms with Crippen LogP contribution >= 0.6 is 11.5 Å². The largest absolute Gasteiger partial charge is 0.497 e. The molecule has 0 aliphatic carbocycles. The SMILES string of the molecule is COc1ccc2nccc([C@@H]3CN(CCCNCN4C=c5cnsc5=CC4)C(=O)O3)c2c1. The van der Waals surface area contributed by atoms with Gasteiger partial charge in [-0.1, -0.05) is 0 Å². The normalized spacial score (nSPS) is 17.7. The fourth-order valence-electron chi connectivity index (χ4n) is 4.09. The molecule has 8 nitrogen and oxygen atoms in total. The van der Waals surface area contributed by atoms with Gasteiger partial charge in [0.2, 0.25) is 0 Å². The number of aromatic nitrogens is 2. The fraction of sp³-hybridized carbons (Fsp3) is 0.348. The van der Waals surface area contributed by atoms with Crippen molar-refractivity contribution in [2.45, 2.75) is 12.5 Å². The topological polar surface area (TPSA) is 79.8 Å². The highest BCUT2D eigenvalue weighted by Gasteiger charge is 2.32. The summed E-state index contributed by atoms with van der Waals surface area (Å²) in [6.07, 6.45) is 8.29. The van der Waals surface area contributed by atoms with Crippen LogP contribution in [-0.2, 0) is 4.74 Å². The quantitative estimate of drug-likeness (QED) is 0.522. The van der Waals surface area contributed by atoms with Gasteiger partial charge in [0.25, 0.3) is 0 Å². The van der Waals surface area contributed by atoms with Crippen molar-refractivity contribution in [3.05, 3.63) is 52.0 Å². The van der Waals surface area contributed by atoms with Crippen LogP contribution in [0.25, 0.3) is 23.2 Å². The lowest BCUT2D eigenvalue weighted by molar-refractivity contribution is 0.133. The van der Waals surface area contributed by atoms with Crippen LogP contribution in [0.1, 0.15) is 18.1 Å². The average Bonchev–Trinajstić information content (AvgIpc) is 3.44. The first-order valence-corrected chi connectivity index (χ1v) is 11.4. The number of fused-ring (bicyclic) bond motifs is 2. The summed E-state index contributed by atoms with van der Waals surface area (Å²) in [6.45, 7) is 3.67. The number of hydrogen-bond acceptors (Lipinski definition) is 8. The monoisotopic (exact) mass is 451 g/mol. The standard InChI is InChI=1S/C23H25N5O3S/c1-30-17-3-4-20-19(11-17)18(5-8-25-20)21-14-28(23(29)31-21)9-2-7-24-15-27-10-6-22-16(13-27)12-26-32-22/h3-6,8,11-13,21,24H,2,7,9-10,14-15H2,1H3/t21-/m0/s1. The van der Waals surface area contributed by atoms with Crippen LogP contribution in [0.5, 0.6) is 5.75 Å². The van der Waals surface area contributed by atoms with Crippen molar-refractivity contribution in [1.82, 2.24) is 24.5 Å². The number of benzene rings is 1. The Kier molecular flexibility index (Phi) is 5.91. The Labute approximate surface area is 189 Å². The molecule has 166 valence electrons. The van der Waals surface area contributed by atoms with E-state index in [0.717, 1.165) is 48.4 Å². The lowest BCUT2D eigenvalue weighted by Gasteiger charge is -2.21. The summed E-state index contributed by atoms with van der Waals surface area (Å²) in [6, 6.07) is 7.67. The lowest BCUT2D eigenvalue weighted by Crippen LogP contribution is -2.38. The zero-order chi connectivity index (χ0) is 21.9. The Morgan fingerprint density at radius 1 is 1.34 bits per heavy atom. The number of hydrogen-bond donors (Lipinski definition) is 1. The minimum Gasteiger partial charge on any atom is -0.497 e. The second kappa shape index (κ2) is 9.13. The van der Waals surface area contributed by atoms with Gasteiger partial charge in [0.05, 0.1) is 30.4 Å². The van der Waals surface area contributed by atoms with Gasteiger partial charge >= 0.3 is 6.09 Å². The van der Waals surface area contributed by atoms with Gasteiger partial charge in [-0.2, -0.15) is 4.37 Å². The molecule has 32 heavy (non-hydrogen) atoms. The molecule has 5 rings (SSSR count). The highest BCUT2D eigenvalue weighted by Crippen LogP contribution is 2.32. The molecule has 0 bridgehead atoms. The van der Waals surface area contributed by atoms with E-state index in [1.54, 1.807) is 18.2 Å². The van der Waals surface area contributed by atoms with Gasteiger partial charge in [0.1, 0.15) is 11.9 Å². The first-order valence-electron chi connectivity index (χ1n) is 10.7. The third kappa shape index (κ3) is 4.26. The minimum absolute atomic E-state index is 0.265. The number of rotatable bonds is 8. The highest BCUT2D eigenvalue weighted by atomic mass is 32.1. The first kappa shape index (κ1) is 20.7. The van der Waals surface area contributed by atoms with Gasteiger partial charge in [-0.25, -0.2) is 4.79 Å². The number of nitrogens with zero attached hydrogens (tertiary/aromatic N) is 4. The molecule has 0 unspecified atom stereocenters. The molecule has 2 aromatic heterocycles. The number of ether oxygens (including phenoxy) is 2. The second-order valence-electron chi connectivity index (χ2n) is 7.86. The Morgan fingerprint density at radius 2 is 2.28 bits per heavy atom. The maximum Gasteiger partial charge on any atom is 0.410 e. The average molecular weight is 452 g/mol. The van der Waals surface area contributed by atoms with Crippen LogP contribution in [0.3, 0.4) is 0 Å². The van der Waals surface area contributed by atoms with Crippen molar-refractivity contribution in [3.63, 3.8) is 0 Å². The second-order valence-corrected chi connectivity index (χ2v) is 8.70. The predicted molar refractivity (Wildman–Crippen MR) is 124 cm³/mol. The van der Waals surface area contributed by atoms with Crippen molar-refractivity contribution >= 4 is 40.8 Å². The molecule has 1 amide bonds. The number of carbonyl (C=O) groups is 1. The van der Waals surface area contributed by atoms with Gasteiger partial charge in [-0.05, 0) is 54.8 Å². The fourth-order valence-corrected chi connectivity index (χ4v) is 4.73. The van der Waals surface area contributed by atoms with E-state index in [0.29, 0.717) is 13.1 Å². The lowest BCUT2D eigenvalue weighted by atomic mass is 10.0. The smallest absolute Gasteiger partial charge is 0.410 e. The van der Waals surface area contributed by atoms with Gasteiger partial charge in [-0.15, -0.1) is 0 Å². The summed E-state index contributed by atoms with van der Waals surface area (Å²) < 4.78 is 16.5. The van der Waals surface area contributed by atoms with E-state index < -0.39 is 0 Å². The molecule has 2 aliphatic heterocycles. The molecule has 9 heteroatoms. The number of cyclic esters (lactones) is 1. The van der Waals surface area contributed by atoms with Gasteiger partial charge in [0.15, 0.2) is 0 Å². The maximum absolute atomic E-state index is 12.4. The predicted octanol–water partition coefficient (Wildman–Crippen LogP) is 1.66. The summed E-state index contributed by atoms with van der Waals surface area (Å²) in [5.74, 6) is 0.758. The van der Waals surface area contributed by atoms with Crippen LogP contribution in [0.15, 0.2) is 36.7 Å². The van der Waals surface area contributed by atoms with E-state index in [-0.39, 0.29) is 12.2 Å². The molecule has 1 fully saturated rings. The molecule has 3 aromatic rings. The van der Waals surface area contributed by atoms with Crippen molar-refractivity contribution in [1.29, 1.82) is 0 Å². The van der Waals surface area contributed by atoms with E-state index >= 15 is 0 Å². The number of amides is 1. The van der Waals surface area contributed by atoms with Gasteiger partial charge in [0, 0.05) is 47.9 Å². The Bertz CT molecular complexity index is 1240. The summed E-state index contributed by atoms with van der Waals surface area (Å²) >= 11 is 1.53. The first-order chi connectivity index (χ1) is 15.7. The summed E-state index contributed by atoms with van der Waals surface area (Å²) in [5.41, 5.74) is 1.82. The molecule has 0 saturated carbocycles. The third-order valence-corrected chi connectivity index (χ3v) is 6.58. The molecule has 1 saturated heterocycles. The molecule has 0 spiro atoms. The molecular weight excluding hydrogens is 426 g/mol. The van der Waals surface area contributed by atoms with Crippen LogP contribution in [0, 0.1) is 0 Å². The van der Waals surface area contributed by atoms with E-state index in [1.807, 2.05) is 30.5 Å². The molecule has 0 radical (unpaired) electrons. The van der Waals surface area contributed by atoms with Crippen molar-refractivity contribution < 1.29 is 14.3 Å².